The van der Waals surface area contributed by atoms with Gasteiger partial charge in [0, 0.05) is 28.1 Å². The molecule has 4 nitrogen and oxygen atoms in total. The molecule has 6 heteroatoms. The van der Waals surface area contributed by atoms with Crippen LogP contribution in [0.3, 0.4) is 0 Å². The molecular formula is C20H20N2O2S2. The lowest BCUT2D eigenvalue weighted by Crippen LogP contribution is -2.25. The third-order valence-electron chi connectivity index (χ3n) is 3.66. The molecule has 1 aromatic heterocycles. The van der Waals surface area contributed by atoms with Crippen molar-refractivity contribution in [2.45, 2.75) is 18.4 Å². The van der Waals surface area contributed by atoms with Crippen LogP contribution in [0.15, 0.2) is 64.3 Å². The molecule has 0 saturated carbocycles. The lowest BCUT2D eigenvalue weighted by molar-refractivity contribution is 0.0956. The fraction of sp³-hybridized carbons (Fsp3) is 0.200. The van der Waals surface area contributed by atoms with E-state index in [2.05, 4.69) is 41.5 Å². The molecule has 0 aliphatic heterocycles. The van der Waals surface area contributed by atoms with Gasteiger partial charge in [0.1, 0.15) is 12.4 Å². The van der Waals surface area contributed by atoms with Crippen LogP contribution in [0, 0.1) is 6.92 Å². The summed E-state index contributed by atoms with van der Waals surface area (Å²) in [5.41, 5.74) is 4.57. The molecule has 0 unspecified atom stereocenters. The van der Waals surface area contributed by atoms with Crippen molar-refractivity contribution >= 4 is 29.0 Å². The van der Waals surface area contributed by atoms with Gasteiger partial charge < -0.3 is 10.1 Å². The molecule has 3 aromatic rings. The van der Waals surface area contributed by atoms with Gasteiger partial charge >= 0.3 is 0 Å². The summed E-state index contributed by atoms with van der Waals surface area (Å²) >= 11 is 3.28. The molecule has 0 bridgehead atoms. The number of benzene rings is 2. The molecule has 26 heavy (non-hydrogen) atoms. The maximum absolute atomic E-state index is 12.2. The average Bonchev–Trinajstić information content (AvgIpc) is 3.19. The minimum absolute atomic E-state index is 0.0689. The van der Waals surface area contributed by atoms with Gasteiger partial charge in [0.15, 0.2) is 0 Å². The van der Waals surface area contributed by atoms with Gasteiger partial charge in [-0.3, -0.25) is 4.79 Å². The minimum Gasteiger partial charge on any atom is -0.487 e. The van der Waals surface area contributed by atoms with Crippen LogP contribution in [0.2, 0.25) is 0 Å². The largest absolute Gasteiger partial charge is 0.487 e. The van der Waals surface area contributed by atoms with Gasteiger partial charge in [-0.25, -0.2) is 4.98 Å². The lowest BCUT2D eigenvalue weighted by Gasteiger charge is -2.07. The van der Waals surface area contributed by atoms with E-state index in [1.165, 1.54) is 10.5 Å². The predicted octanol–water partition coefficient (Wildman–Crippen LogP) is 4.55. The van der Waals surface area contributed by atoms with Crippen molar-refractivity contribution in [1.82, 2.24) is 10.3 Å². The molecule has 0 aliphatic carbocycles. The molecule has 0 radical (unpaired) electrons. The molecule has 1 N–H and O–H groups in total. The predicted molar refractivity (Wildman–Crippen MR) is 107 cm³/mol. The second kappa shape index (κ2) is 9.40. The Morgan fingerprint density at radius 2 is 1.92 bits per heavy atom. The van der Waals surface area contributed by atoms with E-state index >= 15 is 0 Å². The first kappa shape index (κ1) is 18.5. The van der Waals surface area contributed by atoms with Gasteiger partial charge in [-0.2, -0.15) is 0 Å². The van der Waals surface area contributed by atoms with Crippen LogP contribution >= 0.6 is 23.1 Å². The van der Waals surface area contributed by atoms with Crippen LogP contribution in [0.1, 0.15) is 21.6 Å². The summed E-state index contributed by atoms with van der Waals surface area (Å²) in [6, 6.07) is 15.6. The number of aryl methyl sites for hydroxylation is 1. The van der Waals surface area contributed by atoms with Crippen molar-refractivity contribution in [3.8, 4) is 5.75 Å². The van der Waals surface area contributed by atoms with E-state index in [0.29, 0.717) is 18.7 Å². The van der Waals surface area contributed by atoms with Crippen molar-refractivity contribution in [3.63, 3.8) is 0 Å². The van der Waals surface area contributed by atoms with Crippen LogP contribution in [0.4, 0.5) is 0 Å². The molecule has 1 amide bonds. The Kier molecular flexibility index (Phi) is 6.68. The molecule has 0 spiro atoms. The average molecular weight is 385 g/mol. The molecule has 0 atom stereocenters. The van der Waals surface area contributed by atoms with E-state index in [1.54, 1.807) is 40.7 Å². The molecular weight excluding hydrogens is 364 g/mol. The summed E-state index contributed by atoms with van der Waals surface area (Å²) in [4.78, 5) is 17.6. The number of thiazole rings is 1. The number of thioether (sulfide) groups is 1. The summed E-state index contributed by atoms with van der Waals surface area (Å²) in [6.45, 7) is 3.13. The normalized spacial score (nSPS) is 10.5. The Morgan fingerprint density at radius 3 is 2.62 bits per heavy atom. The first-order valence-electron chi connectivity index (χ1n) is 8.28. The Balaban J connectivity index is 1.40. The number of hydrogen-bond acceptors (Lipinski definition) is 5. The molecule has 0 saturated heterocycles. The maximum Gasteiger partial charge on any atom is 0.251 e. The highest BCUT2D eigenvalue weighted by molar-refractivity contribution is 7.99. The van der Waals surface area contributed by atoms with E-state index in [4.69, 9.17) is 4.74 Å². The molecule has 0 fully saturated rings. The van der Waals surface area contributed by atoms with Gasteiger partial charge in [0.2, 0.25) is 0 Å². The van der Waals surface area contributed by atoms with Gasteiger partial charge in [-0.1, -0.05) is 17.7 Å². The number of ether oxygens (including phenoxy) is 1. The zero-order chi connectivity index (χ0) is 18.2. The lowest BCUT2D eigenvalue weighted by atomic mass is 10.2. The van der Waals surface area contributed by atoms with E-state index < -0.39 is 0 Å². The molecule has 2 aromatic carbocycles. The number of nitrogens with zero attached hydrogens (tertiary/aromatic N) is 1. The van der Waals surface area contributed by atoms with Crippen molar-refractivity contribution in [2.24, 2.45) is 0 Å². The van der Waals surface area contributed by atoms with E-state index in [0.717, 1.165) is 17.2 Å². The number of hydrogen-bond donors (Lipinski definition) is 1. The Bertz CT molecular complexity index is 816. The second-order valence-electron chi connectivity index (χ2n) is 5.71. The van der Waals surface area contributed by atoms with Gasteiger partial charge in [0.05, 0.1) is 11.2 Å². The fourth-order valence-electron chi connectivity index (χ4n) is 2.24. The van der Waals surface area contributed by atoms with Crippen molar-refractivity contribution < 1.29 is 9.53 Å². The number of amides is 1. The van der Waals surface area contributed by atoms with E-state index in [1.807, 2.05) is 17.5 Å². The number of nitrogens with one attached hydrogen (secondary N) is 1. The summed E-state index contributed by atoms with van der Waals surface area (Å²) in [5, 5.41) is 4.90. The van der Waals surface area contributed by atoms with Crippen LogP contribution in [0.5, 0.6) is 5.75 Å². The van der Waals surface area contributed by atoms with E-state index in [9.17, 15) is 4.79 Å². The van der Waals surface area contributed by atoms with Gasteiger partial charge in [-0.15, -0.1) is 23.1 Å². The SMILES string of the molecule is Cc1ccc(SCCNC(=O)c2ccc(OCc3cscn3)cc2)cc1. The monoisotopic (exact) mass is 384 g/mol. The number of carbonyl (C=O) groups excluding carboxylic acids is 1. The smallest absolute Gasteiger partial charge is 0.251 e. The van der Waals surface area contributed by atoms with Gasteiger partial charge in [-0.05, 0) is 43.3 Å². The van der Waals surface area contributed by atoms with Gasteiger partial charge in [0.25, 0.3) is 5.91 Å². The first-order valence-corrected chi connectivity index (χ1v) is 10.2. The third kappa shape index (κ3) is 5.61. The quantitative estimate of drug-likeness (QED) is 0.457. The van der Waals surface area contributed by atoms with E-state index in [-0.39, 0.29) is 5.91 Å². The number of rotatable bonds is 8. The first-order chi connectivity index (χ1) is 12.7. The summed E-state index contributed by atoms with van der Waals surface area (Å²) in [7, 11) is 0. The number of carbonyl (C=O) groups is 1. The number of aromatic nitrogens is 1. The molecule has 0 aliphatic rings. The summed E-state index contributed by atoms with van der Waals surface area (Å²) < 4.78 is 5.65. The second-order valence-corrected chi connectivity index (χ2v) is 7.60. The Hall–Kier alpha value is -2.31. The van der Waals surface area contributed by atoms with Crippen LogP contribution in [-0.2, 0) is 6.61 Å². The molecule has 3 rings (SSSR count). The van der Waals surface area contributed by atoms with Crippen molar-refractivity contribution in [2.75, 3.05) is 12.3 Å². The zero-order valence-corrected chi connectivity index (χ0v) is 16.1. The van der Waals surface area contributed by atoms with Crippen LogP contribution < -0.4 is 10.1 Å². The Labute approximate surface area is 161 Å². The summed E-state index contributed by atoms with van der Waals surface area (Å²) in [5.74, 6) is 1.49. The molecule has 134 valence electrons. The Morgan fingerprint density at radius 1 is 1.15 bits per heavy atom. The highest BCUT2D eigenvalue weighted by Crippen LogP contribution is 2.18. The topological polar surface area (TPSA) is 51.2 Å². The minimum atomic E-state index is -0.0689. The van der Waals surface area contributed by atoms with Crippen molar-refractivity contribution in [1.29, 1.82) is 0 Å². The van der Waals surface area contributed by atoms with Crippen LogP contribution in [0.25, 0.3) is 0 Å². The highest BCUT2D eigenvalue weighted by atomic mass is 32.2. The fourth-order valence-corrected chi connectivity index (χ4v) is 3.55. The maximum atomic E-state index is 12.2. The van der Waals surface area contributed by atoms with Crippen LogP contribution in [-0.4, -0.2) is 23.2 Å². The summed E-state index contributed by atoms with van der Waals surface area (Å²) in [6.07, 6.45) is 0. The van der Waals surface area contributed by atoms with Crippen molar-refractivity contribution in [3.05, 3.63) is 76.2 Å². The highest BCUT2D eigenvalue weighted by Gasteiger charge is 2.05. The third-order valence-corrected chi connectivity index (χ3v) is 5.31. The molecule has 1 heterocycles. The standard InChI is InChI=1S/C20H20N2O2S2/c1-15-2-8-19(9-3-15)26-11-10-21-20(23)16-4-6-18(7-5-16)24-12-17-13-25-14-22-17/h2-9,13-14H,10-12H2,1H3,(H,21,23). The zero-order valence-electron chi connectivity index (χ0n) is 14.5.